The molecule has 4 nitrogen and oxygen atoms in total. The first kappa shape index (κ1) is 15.8. The number of piperidine rings is 3. The molecule has 4 bridgehead atoms. The molecule has 1 saturated carbocycles. The highest BCUT2D eigenvalue weighted by molar-refractivity contribution is 5.82. The third kappa shape index (κ3) is 2.50. The van der Waals surface area contributed by atoms with Gasteiger partial charge in [-0.15, -0.1) is 0 Å². The van der Waals surface area contributed by atoms with E-state index in [4.69, 9.17) is 4.74 Å². The van der Waals surface area contributed by atoms with Crippen LogP contribution in [0.5, 0.6) is 0 Å². The van der Waals surface area contributed by atoms with Gasteiger partial charge in [0.05, 0.1) is 0 Å². The lowest BCUT2D eigenvalue weighted by Gasteiger charge is -2.30. The van der Waals surface area contributed by atoms with Crippen LogP contribution in [-0.2, 0) is 9.53 Å². The van der Waals surface area contributed by atoms with Crippen LogP contribution in [0.4, 0.5) is 10.1 Å². The number of nitrogens with zero attached hydrogens (tertiary/aromatic N) is 1. The molecular formula is C21H21FN2O2. The molecule has 3 saturated heterocycles. The predicted molar refractivity (Wildman–Crippen MR) is 96.1 cm³/mol. The number of carbonyl (C=O) groups excluding carboxylic acids is 1. The first-order valence-corrected chi connectivity index (χ1v) is 9.18. The summed E-state index contributed by atoms with van der Waals surface area (Å²) in [4.78, 5) is 15.5. The number of esters is 1. The van der Waals surface area contributed by atoms with Gasteiger partial charge < -0.3 is 10.1 Å². The summed E-state index contributed by atoms with van der Waals surface area (Å²) in [5.41, 5.74) is 1.10. The predicted octanol–water partition coefficient (Wildman–Crippen LogP) is 3.23. The number of halogens is 1. The van der Waals surface area contributed by atoms with Crippen molar-refractivity contribution in [1.82, 2.24) is 4.90 Å². The zero-order valence-corrected chi connectivity index (χ0v) is 14.4. The molecule has 3 heterocycles. The van der Waals surface area contributed by atoms with E-state index in [0.717, 1.165) is 31.6 Å². The quantitative estimate of drug-likeness (QED) is 0.839. The van der Waals surface area contributed by atoms with Crippen molar-refractivity contribution in [3.63, 3.8) is 0 Å². The van der Waals surface area contributed by atoms with Crippen molar-refractivity contribution in [2.75, 3.05) is 25.0 Å². The fraction of sp³-hybridized carbons (Fsp3) is 0.381. The smallest absolute Gasteiger partial charge is 0.333 e. The van der Waals surface area contributed by atoms with E-state index in [1.54, 1.807) is 12.1 Å². The number of benzene rings is 2. The molecule has 2 aromatic rings. The summed E-state index contributed by atoms with van der Waals surface area (Å²) in [6.07, 6.45) is 1.12. The van der Waals surface area contributed by atoms with Crippen LogP contribution in [0.15, 0.2) is 54.6 Å². The second kappa shape index (κ2) is 5.81. The number of rotatable bonds is 5. The maximum absolute atomic E-state index is 13.6. The van der Waals surface area contributed by atoms with Crippen molar-refractivity contribution in [3.8, 4) is 0 Å². The SMILES string of the molecule is O=C(O[C@]12CN3CCC1C2C3)C(Nc1cccc(F)c1)c1ccccc1. The number of fused-ring (bicyclic) bond motifs is 1. The number of carbonyl (C=O) groups is 1. The van der Waals surface area contributed by atoms with E-state index in [1.807, 2.05) is 30.3 Å². The lowest BCUT2D eigenvalue weighted by atomic mass is 10.1. The van der Waals surface area contributed by atoms with Crippen LogP contribution in [0.3, 0.4) is 0 Å². The van der Waals surface area contributed by atoms with E-state index in [0.29, 0.717) is 17.5 Å². The molecule has 134 valence electrons. The minimum absolute atomic E-state index is 0.281. The number of ether oxygens (including phenoxy) is 1. The molecule has 0 amide bonds. The van der Waals surface area contributed by atoms with Gasteiger partial charge in [0.15, 0.2) is 6.04 Å². The molecule has 26 heavy (non-hydrogen) atoms. The van der Waals surface area contributed by atoms with Crippen molar-refractivity contribution in [2.45, 2.75) is 18.1 Å². The molecule has 3 aliphatic heterocycles. The third-order valence-electron chi connectivity index (χ3n) is 6.11. The van der Waals surface area contributed by atoms with Crippen molar-refractivity contribution in [3.05, 3.63) is 66.0 Å². The molecule has 0 aromatic heterocycles. The Labute approximate surface area is 152 Å². The van der Waals surface area contributed by atoms with Gasteiger partial charge >= 0.3 is 5.97 Å². The van der Waals surface area contributed by atoms with Crippen molar-refractivity contribution in [2.24, 2.45) is 11.8 Å². The normalized spacial score (nSPS) is 32.0. The first-order valence-electron chi connectivity index (χ1n) is 9.18. The van der Waals surface area contributed by atoms with E-state index >= 15 is 0 Å². The molecule has 0 spiro atoms. The Morgan fingerprint density at radius 1 is 1.19 bits per heavy atom. The number of hydrogen-bond donors (Lipinski definition) is 1. The van der Waals surface area contributed by atoms with Crippen LogP contribution in [0.2, 0.25) is 0 Å². The van der Waals surface area contributed by atoms with Crippen molar-refractivity contribution < 1.29 is 13.9 Å². The molecule has 5 atom stereocenters. The molecule has 1 N–H and O–H groups in total. The van der Waals surface area contributed by atoms with Crippen molar-refractivity contribution >= 4 is 11.7 Å². The lowest BCUT2D eigenvalue weighted by Crippen LogP contribution is -2.40. The Morgan fingerprint density at radius 2 is 2.04 bits per heavy atom. The van der Waals surface area contributed by atoms with E-state index in [-0.39, 0.29) is 17.4 Å². The number of nitrogens with one attached hydrogen (secondary N) is 1. The summed E-state index contributed by atoms with van der Waals surface area (Å²) >= 11 is 0. The van der Waals surface area contributed by atoms with Gasteiger partial charge in [-0.3, -0.25) is 4.90 Å². The highest BCUT2D eigenvalue weighted by Gasteiger charge is 2.74. The Kier molecular flexibility index (Phi) is 3.54. The summed E-state index contributed by atoms with van der Waals surface area (Å²) < 4.78 is 19.6. The van der Waals surface area contributed by atoms with Gasteiger partial charge in [0.1, 0.15) is 11.4 Å². The largest absolute Gasteiger partial charge is 0.455 e. The Bertz CT molecular complexity index is 837. The van der Waals surface area contributed by atoms with Gasteiger partial charge in [0, 0.05) is 30.6 Å². The fourth-order valence-corrected chi connectivity index (χ4v) is 4.82. The van der Waals surface area contributed by atoms with Crippen molar-refractivity contribution in [1.29, 1.82) is 0 Å². The van der Waals surface area contributed by atoms with Crippen LogP contribution in [-0.4, -0.2) is 36.1 Å². The first-order chi connectivity index (χ1) is 12.7. The molecule has 1 aliphatic carbocycles. The van der Waals surface area contributed by atoms with Crippen LogP contribution >= 0.6 is 0 Å². The molecule has 4 unspecified atom stereocenters. The van der Waals surface area contributed by atoms with Gasteiger partial charge in [-0.25, -0.2) is 9.18 Å². The van der Waals surface area contributed by atoms with Gasteiger partial charge in [-0.05, 0) is 36.7 Å². The Balaban J connectivity index is 1.40. The zero-order chi connectivity index (χ0) is 17.7. The highest BCUT2D eigenvalue weighted by atomic mass is 19.1. The standard InChI is InChI=1S/C21H21FN2O2/c22-15-7-4-8-16(11-15)23-19(14-5-2-1-3-6-14)20(25)26-21-13-24-10-9-17(21)18(21)12-24/h1-8,11,17-19,23H,9-10,12-13H2/t17?,18?,19?,21-/m1/s1. The van der Waals surface area contributed by atoms with Gasteiger partial charge in [-0.2, -0.15) is 0 Å². The fourth-order valence-electron chi connectivity index (χ4n) is 4.82. The van der Waals surface area contributed by atoms with Gasteiger partial charge in [-0.1, -0.05) is 36.4 Å². The summed E-state index contributed by atoms with van der Waals surface area (Å²) in [6, 6.07) is 15.0. The molecule has 0 radical (unpaired) electrons. The van der Waals surface area contributed by atoms with E-state index in [9.17, 15) is 9.18 Å². The molecule has 5 heteroatoms. The maximum atomic E-state index is 13.6. The van der Waals surface area contributed by atoms with Crippen LogP contribution in [0, 0.1) is 17.7 Å². The average Bonchev–Trinajstić information content (AvgIpc) is 3.15. The van der Waals surface area contributed by atoms with E-state index < -0.39 is 6.04 Å². The minimum atomic E-state index is -0.650. The second-order valence-corrected chi connectivity index (χ2v) is 7.61. The molecular weight excluding hydrogens is 331 g/mol. The Morgan fingerprint density at radius 3 is 2.69 bits per heavy atom. The molecule has 4 aliphatic rings. The van der Waals surface area contributed by atoms with Gasteiger partial charge in [0.25, 0.3) is 0 Å². The van der Waals surface area contributed by atoms with Crippen LogP contribution in [0.25, 0.3) is 0 Å². The minimum Gasteiger partial charge on any atom is -0.455 e. The number of hydrogen-bond acceptors (Lipinski definition) is 4. The maximum Gasteiger partial charge on any atom is 0.333 e. The monoisotopic (exact) mass is 352 g/mol. The highest BCUT2D eigenvalue weighted by Crippen LogP contribution is 2.63. The summed E-state index contributed by atoms with van der Waals surface area (Å²) in [7, 11) is 0. The second-order valence-electron chi connectivity index (χ2n) is 7.61. The van der Waals surface area contributed by atoms with Crippen LogP contribution < -0.4 is 5.32 Å². The number of anilines is 1. The zero-order valence-electron chi connectivity index (χ0n) is 14.4. The van der Waals surface area contributed by atoms with Crippen LogP contribution in [0.1, 0.15) is 18.0 Å². The van der Waals surface area contributed by atoms with E-state index in [2.05, 4.69) is 10.2 Å². The Hall–Kier alpha value is -2.40. The summed E-state index contributed by atoms with van der Waals surface area (Å²) in [5.74, 6) is 0.390. The molecule has 2 aromatic carbocycles. The summed E-state index contributed by atoms with van der Waals surface area (Å²) in [5, 5.41) is 3.16. The third-order valence-corrected chi connectivity index (χ3v) is 6.11. The topological polar surface area (TPSA) is 41.6 Å². The molecule has 4 fully saturated rings. The summed E-state index contributed by atoms with van der Waals surface area (Å²) in [6.45, 7) is 3.02. The van der Waals surface area contributed by atoms with E-state index in [1.165, 1.54) is 12.1 Å². The average molecular weight is 352 g/mol. The molecule has 6 rings (SSSR count). The van der Waals surface area contributed by atoms with Gasteiger partial charge in [0.2, 0.25) is 0 Å². The lowest BCUT2D eigenvalue weighted by molar-refractivity contribution is -0.154.